The van der Waals surface area contributed by atoms with Crippen molar-refractivity contribution < 1.29 is 0 Å². The molecule has 1 aromatic heterocycles. The lowest BCUT2D eigenvalue weighted by molar-refractivity contribution is 1.18. The number of nitrogens with zero attached hydrogens (tertiary/aromatic N) is 2. The van der Waals surface area contributed by atoms with Gasteiger partial charge in [-0.2, -0.15) is 0 Å². The highest BCUT2D eigenvalue weighted by molar-refractivity contribution is 6.14. The first-order valence-electron chi connectivity index (χ1n) is 23.4. The number of benzene rings is 12. The summed E-state index contributed by atoms with van der Waals surface area (Å²) >= 11 is 0. The van der Waals surface area contributed by atoms with Gasteiger partial charge in [0.15, 0.2) is 0 Å². The Balaban J connectivity index is 1.06. The zero-order valence-electron chi connectivity index (χ0n) is 37.3. The van der Waals surface area contributed by atoms with Gasteiger partial charge in [-0.05, 0) is 120 Å². The fourth-order valence-corrected chi connectivity index (χ4v) is 10.7. The van der Waals surface area contributed by atoms with Crippen LogP contribution in [-0.4, -0.2) is 4.57 Å². The van der Waals surface area contributed by atoms with Gasteiger partial charge in [-0.1, -0.05) is 212 Å². The van der Waals surface area contributed by atoms with E-state index < -0.39 is 0 Å². The normalized spacial score (nSPS) is 11.5. The van der Waals surface area contributed by atoms with Crippen molar-refractivity contribution >= 4 is 71.2 Å². The molecule has 0 spiro atoms. The van der Waals surface area contributed by atoms with E-state index in [2.05, 4.69) is 276 Å². The number of hydrogen-bond donors (Lipinski definition) is 0. The fourth-order valence-electron chi connectivity index (χ4n) is 10.7. The molecule has 0 atom stereocenters. The molecule has 0 aliphatic heterocycles. The minimum atomic E-state index is 1.07. The van der Waals surface area contributed by atoms with E-state index in [1.54, 1.807) is 0 Å². The maximum absolute atomic E-state index is 2.50. The van der Waals surface area contributed by atoms with Crippen LogP contribution in [0, 0.1) is 0 Å². The Hall–Kier alpha value is -8.98. The Morgan fingerprint density at radius 1 is 0.265 bits per heavy atom. The summed E-state index contributed by atoms with van der Waals surface area (Å²) < 4.78 is 2.39. The number of hydrogen-bond acceptors (Lipinski definition) is 1. The van der Waals surface area contributed by atoms with Crippen molar-refractivity contribution in [3.05, 3.63) is 267 Å². The van der Waals surface area contributed by atoms with Crippen molar-refractivity contribution in [3.63, 3.8) is 0 Å². The molecule has 13 aromatic rings. The molecule has 2 heteroatoms. The molecule has 68 heavy (non-hydrogen) atoms. The number of rotatable bonds is 8. The molecule has 1 heterocycles. The molecular weight excluding hydrogens is 821 g/mol. The Morgan fingerprint density at radius 3 is 1.66 bits per heavy atom. The van der Waals surface area contributed by atoms with Crippen molar-refractivity contribution in [2.75, 3.05) is 4.90 Å². The molecular formula is C66H44N2. The van der Waals surface area contributed by atoms with E-state index in [1.807, 2.05) is 0 Å². The van der Waals surface area contributed by atoms with E-state index in [4.69, 9.17) is 0 Å². The van der Waals surface area contributed by atoms with Crippen molar-refractivity contribution in [1.29, 1.82) is 0 Å². The molecule has 0 N–H and O–H groups in total. The summed E-state index contributed by atoms with van der Waals surface area (Å²) in [7, 11) is 0. The Labute approximate surface area is 395 Å². The zero-order chi connectivity index (χ0) is 45.0. The van der Waals surface area contributed by atoms with E-state index >= 15 is 0 Å². The van der Waals surface area contributed by atoms with Gasteiger partial charge in [0.2, 0.25) is 0 Å². The summed E-state index contributed by atoms with van der Waals surface area (Å²) in [5.74, 6) is 0. The van der Waals surface area contributed by atoms with Gasteiger partial charge in [0, 0.05) is 33.3 Å². The predicted octanol–water partition coefficient (Wildman–Crippen LogP) is 18.4. The van der Waals surface area contributed by atoms with E-state index in [1.165, 1.54) is 76.4 Å². The minimum Gasteiger partial charge on any atom is -0.309 e. The van der Waals surface area contributed by atoms with Crippen LogP contribution >= 0.6 is 0 Å². The van der Waals surface area contributed by atoms with Gasteiger partial charge in [0.1, 0.15) is 0 Å². The van der Waals surface area contributed by atoms with Crippen LogP contribution in [0.3, 0.4) is 0 Å². The SMILES string of the molecule is c1ccc(-c2cccc3cccc(-c4ccccc4N(c4cccc(-c5cccc6c5ccc5ccccc56)c4)c4ccccc4-c4ccc5c(c4)c4ccccc4n5-c4ccccc4)c23)cc1. The van der Waals surface area contributed by atoms with Crippen LogP contribution in [0.1, 0.15) is 0 Å². The van der Waals surface area contributed by atoms with Gasteiger partial charge in [-0.15, -0.1) is 0 Å². The molecule has 13 rings (SSSR count). The van der Waals surface area contributed by atoms with Gasteiger partial charge >= 0.3 is 0 Å². The first-order valence-corrected chi connectivity index (χ1v) is 23.4. The highest BCUT2D eigenvalue weighted by Crippen LogP contribution is 2.48. The largest absolute Gasteiger partial charge is 0.309 e. The lowest BCUT2D eigenvalue weighted by Crippen LogP contribution is -2.12. The molecule has 0 unspecified atom stereocenters. The lowest BCUT2D eigenvalue weighted by Gasteiger charge is -2.30. The zero-order valence-corrected chi connectivity index (χ0v) is 37.3. The van der Waals surface area contributed by atoms with Crippen LogP contribution in [0.5, 0.6) is 0 Å². The van der Waals surface area contributed by atoms with Gasteiger partial charge in [0.05, 0.1) is 22.4 Å². The molecule has 2 nitrogen and oxygen atoms in total. The standard InChI is InChI=1S/C66H44N2/c1-3-19-45(20-4-1)55-33-16-22-47-23-17-35-60(66(47)55)58-30-10-13-37-63(58)68(51-27-15-24-48(43-51)53-32-18-34-56-52-28-8-7-21-46(52)39-41-57(53)56)62-36-12-9-29-54(62)49-40-42-65-61(44-49)59-31-11-14-38-64(59)67(65)50-25-5-2-6-26-50/h1-44H. The average Bonchev–Trinajstić information content (AvgIpc) is 3.75. The van der Waals surface area contributed by atoms with Crippen LogP contribution < -0.4 is 4.90 Å². The minimum absolute atomic E-state index is 1.07. The number of para-hydroxylation sites is 4. The third-order valence-corrected chi connectivity index (χ3v) is 13.8. The summed E-state index contributed by atoms with van der Waals surface area (Å²) in [6.45, 7) is 0. The fraction of sp³-hybridized carbons (Fsp3) is 0. The van der Waals surface area contributed by atoms with E-state index in [-0.39, 0.29) is 0 Å². The summed E-state index contributed by atoms with van der Waals surface area (Å²) in [5.41, 5.74) is 16.2. The summed E-state index contributed by atoms with van der Waals surface area (Å²) in [4.78, 5) is 2.50. The second-order valence-electron chi connectivity index (χ2n) is 17.6. The van der Waals surface area contributed by atoms with Crippen LogP contribution in [0.2, 0.25) is 0 Å². The quantitative estimate of drug-likeness (QED) is 0.138. The molecule has 0 fully saturated rings. The van der Waals surface area contributed by atoms with Crippen molar-refractivity contribution in [1.82, 2.24) is 4.57 Å². The van der Waals surface area contributed by atoms with Crippen LogP contribution in [0.25, 0.3) is 104 Å². The smallest absolute Gasteiger partial charge is 0.0541 e. The third-order valence-electron chi connectivity index (χ3n) is 13.8. The molecule has 318 valence electrons. The van der Waals surface area contributed by atoms with Gasteiger partial charge in [-0.25, -0.2) is 0 Å². The van der Waals surface area contributed by atoms with Crippen molar-refractivity contribution in [2.24, 2.45) is 0 Å². The van der Waals surface area contributed by atoms with Crippen LogP contribution in [0.15, 0.2) is 267 Å². The number of fused-ring (bicyclic) bond motifs is 7. The second kappa shape index (κ2) is 16.5. The topological polar surface area (TPSA) is 8.17 Å². The van der Waals surface area contributed by atoms with E-state index in [0.29, 0.717) is 0 Å². The van der Waals surface area contributed by atoms with Crippen LogP contribution in [0.4, 0.5) is 17.1 Å². The predicted molar refractivity (Wildman–Crippen MR) is 290 cm³/mol. The maximum atomic E-state index is 2.50. The van der Waals surface area contributed by atoms with Crippen molar-refractivity contribution in [2.45, 2.75) is 0 Å². The number of anilines is 3. The highest BCUT2D eigenvalue weighted by Gasteiger charge is 2.23. The molecule has 0 aliphatic carbocycles. The number of aromatic nitrogens is 1. The Morgan fingerprint density at radius 2 is 0.824 bits per heavy atom. The molecule has 0 saturated heterocycles. The maximum Gasteiger partial charge on any atom is 0.0541 e. The summed E-state index contributed by atoms with van der Waals surface area (Å²) in [5, 5.41) is 9.90. The van der Waals surface area contributed by atoms with E-state index in [0.717, 1.165) is 45.0 Å². The molecule has 0 saturated carbocycles. The second-order valence-corrected chi connectivity index (χ2v) is 17.6. The summed E-state index contributed by atoms with van der Waals surface area (Å²) in [6, 6.07) is 97.7. The van der Waals surface area contributed by atoms with E-state index in [9.17, 15) is 0 Å². The third kappa shape index (κ3) is 6.57. The van der Waals surface area contributed by atoms with Gasteiger partial charge in [-0.3, -0.25) is 0 Å². The van der Waals surface area contributed by atoms with Gasteiger partial charge in [0.25, 0.3) is 0 Å². The first-order chi connectivity index (χ1) is 33.8. The van der Waals surface area contributed by atoms with Gasteiger partial charge < -0.3 is 9.47 Å². The molecule has 0 radical (unpaired) electrons. The lowest BCUT2D eigenvalue weighted by atomic mass is 9.90. The highest BCUT2D eigenvalue weighted by atomic mass is 15.1. The molecule has 12 aromatic carbocycles. The monoisotopic (exact) mass is 864 g/mol. The average molecular weight is 865 g/mol. The van der Waals surface area contributed by atoms with Crippen molar-refractivity contribution in [3.8, 4) is 50.2 Å². The summed E-state index contributed by atoms with van der Waals surface area (Å²) in [6.07, 6.45) is 0. The van der Waals surface area contributed by atoms with Crippen LogP contribution in [-0.2, 0) is 0 Å². The first kappa shape index (κ1) is 39.4. The molecule has 0 aliphatic rings. The Kier molecular flexibility index (Phi) is 9.54. The Bertz CT molecular complexity index is 4030. The molecule has 0 bridgehead atoms. The molecule has 0 amide bonds.